The molecule has 66 valence electrons. The second-order valence-electron chi connectivity index (χ2n) is 3.92. The molecule has 2 N–H and O–H groups in total. The highest BCUT2D eigenvalue weighted by molar-refractivity contribution is 7.08. The molecule has 0 aliphatic heterocycles. The minimum absolute atomic E-state index is 0.302. The smallest absolute Gasteiger partial charge is 0.00824 e. The second-order valence-corrected chi connectivity index (χ2v) is 4.66. The van der Waals surface area contributed by atoms with Crippen LogP contribution in [0.5, 0.6) is 0 Å². The molecule has 0 fully saturated rings. The molecule has 0 saturated heterocycles. The van der Waals surface area contributed by atoms with E-state index in [0.29, 0.717) is 12.0 Å². The Balaban J connectivity index is 2.35. The Morgan fingerprint density at radius 3 is 3.00 bits per heavy atom. The first kappa shape index (κ1) is 8.27. The molecule has 0 spiro atoms. The fourth-order valence-electron chi connectivity index (χ4n) is 2.37. The van der Waals surface area contributed by atoms with E-state index in [1.54, 1.807) is 0 Å². The highest BCUT2D eigenvalue weighted by Gasteiger charge is 2.32. The number of thiophene rings is 1. The van der Waals surface area contributed by atoms with Crippen molar-refractivity contribution < 1.29 is 0 Å². The van der Waals surface area contributed by atoms with Crippen molar-refractivity contribution in [2.75, 3.05) is 0 Å². The van der Waals surface area contributed by atoms with E-state index in [1.165, 1.54) is 17.5 Å². The van der Waals surface area contributed by atoms with Gasteiger partial charge in [0.2, 0.25) is 0 Å². The summed E-state index contributed by atoms with van der Waals surface area (Å²) in [6.07, 6.45) is 1.23. The summed E-state index contributed by atoms with van der Waals surface area (Å²) in [6.45, 7) is 4.42. The number of rotatable bonds is 1. The Morgan fingerprint density at radius 2 is 2.33 bits per heavy atom. The molecule has 1 aliphatic rings. The number of hydrogen-bond acceptors (Lipinski definition) is 2. The topological polar surface area (TPSA) is 26.0 Å². The Kier molecular flexibility index (Phi) is 1.97. The summed E-state index contributed by atoms with van der Waals surface area (Å²) in [6, 6.07) is 0.302. The highest BCUT2D eigenvalue weighted by Crippen LogP contribution is 2.40. The van der Waals surface area contributed by atoms with E-state index < -0.39 is 0 Å². The first-order valence-electron chi connectivity index (χ1n) is 4.50. The molecule has 3 atom stereocenters. The van der Waals surface area contributed by atoms with Crippen molar-refractivity contribution in [3.63, 3.8) is 0 Å². The summed E-state index contributed by atoms with van der Waals surface area (Å²) in [5.41, 5.74) is 9.02. The first-order chi connectivity index (χ1) is 5.70. The molecule has 0 amide bonds. The number of nitrogens with two attached hydrogens (primary N) is 1. The molecular weight excluding hydrogens is 166 g/mol. The lowest BCUT2D eigenvalue weighted by molar-refractivity contribution is 0.439. The van der Waals surface area contributed by atoms with Crippen LogP contribution >= 0.6 is 11.3 Å². The van der Waals surface area contributed by atoms with E-state index in [1.807, 2.05) is 11.3 Å². The summed E-state index contributed by atoms with van der Waals surface area (Å²) >= 11 is 1.81. The Hall–Kier alpha value is -0.340. The molecule has 0 aromatic carbocycles. The van der Waals surface area contributed by atoms with Crippen LogP contribution in [0.3, 0.4) is 0 Å². The van der Waals surface area contributed by atoms with Crippen molar-refractivity contribution in [1.82, 2.24) is 0 Å². The zero-order valence-corrected chi connectivity index (χ0v) is 8.40. The minimum atomic E-state index is 0.302. The van der Waals surface area contributed by atoms with Crippen LogP contribution in [0.4, 0.5) is 0 Å². The molecule has 12 heavy (non-hydrogen) atoms. The normalized spacial score (nSPS) is 30.2. The van der Waals surface area contributed by atoms with Gasteiger partial charge in [0.25, 0.3) is 0 Å². The van der Waals surface area contributed by atoms with Crippen LogP contribution in [-0.4, -0.2) is 6.04 Å². The third-order valence-electron chi connectivity index (χ3n) is 2.86. The van der Waals surface area contributed by atoms with Gasteiger partial charge in [0.15, 0.2) is 0 Å². The predicted octanol–water partition coefficient (Wildman–Crippen LogP) is 2.37. The number of hydrogen-bond donors (Lipinski definition) is 1. The van der Waals surface area contributed by atoms with E-state index in [-0.39, 0.29) is 0 Å². The van der Waals surface area contributed by atoms with Crippen LogP contribution in [0.25, 0.3) is 0 Å². The monoisotopic (exact) mass is 181 g/mol. The van der Waals surface area contributed by atoms with Gasteiger partial charge in [0, 0.05) is 12.0 Å². The molecular formula is C10H15NS. The summed E-state index contributed by atoms with van der Waals surface area (Å²) in [4.78, 5) is 0. The molecule has 1 aliphatic carbocycles. The van der Waals surface area contributed by atoms with Gasteiger partial charge in [-0.15, -0.1) is 0 Å². The third kappa shape index (κ3) is 1.10. The lowest BCUT2D eigenvalue weighted by Crippen LogP contribution is -2.26. The standard InChI is InChI=1S/C10H15NS/c1-6-3-8-4-12-5-9(8)10(6)7(2)11/h4-7,10H,3,11H2,1-2H3. The molecule has 2 heteroatoms. The van der Waals surface area contributed by atoms with E-state index >= 15 is 0 Å². The summed E-state index contributed by atoms with van der Waals surface area (Å²) in [5, 5.41) is 4.54. The summed E-state index contributed by atoms with van der Waals surface area (Å²) < 4.78 is 0. The zero-order valence-electron chi connectivity index (χ0n) is 7.58. The average molecular weight is 181 g/mol. The fourth-order valence-corrected chi connectivity index (χ4v) is 3.29. The van der Waals surface area contributed by atoms with Crippen molar-refractivity contribution >= 4 is 11.3 Å². The molecule has 1 aromatic rings. The summed E-state index contributed by atoms with van der Waals surface area (Å²) in [7, 11) is 0. The molecule has 0 radical (unpaired) electrons. The van der Waals surface area contributed by atoms with E-state index in [0.717, 1.165) is 5.92 Å². The van der Waals surface area contributed by atoms with Gasteiger partial charge in [-0.05, 0) is 41.1 Å². The van der Waals surface area contributed by atoms with Gasteiger partial charge in [-0.1, -0.05) is 6.92 Å². The SMILES string of the molecule is CC(N)C1c2cscc2CC1C. The second kappa shape index (κ2) is 2.86. The van der Waals surface area contributed by atoms with Crippen LogP contribution in [-0.2, 0) is 6.42 Å². The maximum atomic E-state index is 5.97. The van der Waals surface area contributed by atoms with Crippen LogP contribution < -0.4 is 5.73 Å². The van der Waals surface area contributed by atoms with Crippen LogP contribution in [0.1, 0.15) is 30.9 Å². The van der Waals surface area contributed by atoms with Gasteiger partial charge in [-0.25, -0.2) is 0 Å². The maximum Gasteiger partial charge on any atom is 0.00824 e. The van der Waals surface area contributed by atoms with Gasteiger partial charge in [-0.3, -0.25) is 0 Å². The fraction of sp³-hybridized carbons (Fsp3) is 0.600. The van der Waals surface area contributed by atoms with Crippen molar-refractivity contribution in [3.8, 4) is 0 Å². The Bertz CT molecular complexity index is 277. The zero-order chi connectivity index (χ0) is 8.72. The maximum absolute atomic E-state index is 5.97. The molecule has 1 aromatic heterocycles. The lowest BCUT2D eigenvalue weighted by Gasteiger charge is -2.19. The van der Waals surface area contributed by atoms with Crippen molar-refractivity contribution in [1.29, 1.82) is 0 Å². The molecule has 2 rings (SSSR count). The van der Waals surface area contributed by atoms with Crippen molar-refractivity contribution in [2.45, 2.75) is 32.2 Å². The van der Waals surface area contributed by atoms with E-state index in [2.05, 4.69) is 24.6 Å². The van der Waals surface area contributed by atoms with Gasteiger partial charge >= 0.3 is 0 Å². The lowest BCUT2D eigenvalue weighted by atomic mass is 9.89. The molecule has 0 saturated carbocycles. The van der Waals surface area contributed by atoms with Crippen molar-refractivity contribution in [3.05, 3.63) is 21.9 Å². The van der Waals surface area contributed by atoms with Crippen LogP contribution in [0, 0.1) is 5.92 Å². The average Bonchev–Trinajstić information content (AvgIpc) is 2.44. The molecule has 1 heterocycles. The highest BCUT2D eigenvalue weighted by atomic mass is 32.1. The Morgan fingerprint density at radius 1 is 1.58 bits per heavy atom. The van der Waals surface area contributed by atoms with Gasteiger partial charge in [0.1, 0.15) is 0 Å². The van der Waals surface area contributed by atoms with Gasteiger partial charge < -0.3 is 5.73 Å². The summed E-state index contributed by atoms with van der Waals surface area (Å²) in [5.74, 6) is 1.34. The van der Waals surface area contributed by atoms with E-state index in [4.69, 9.17) is 5.73 Å². The van der Waals surface area contributed by atoms with Crippen LogP contribution in [0.15, 0.2) is 10.8 Å². The third-order valence-corrected chi connectivity index (χ3v) is 3.67. The number of fused-ring (bicyclic) bond motifs is 1. The predicted molar refractivity (Wildman–Crippen MR) is 53.6 cm³/mol. The van der Waals surface area contributed by atoms with Crippen LogP contribution in [0.2, 0.25) is 0 Å². The Labute approximate surface area is 77.6 Å². The largest absolute Gasteiger partial charge is 0.327 e. The molecule has 3 unspecified atom stereocenters. The van der Waals surface area contributed by atoms with Crippen molar-refractivity contribution in [2.24, 2.45) is 11.7 Å². The van der Waals surface area contributed by atoms with Gasteiger partial charge in [0.05, 0.1) is 0 Å². The van der Waals surface area contributed by atoms with Gasteiger partial charge in [-0.2, -0.15) is 11.3 Å². The molecule has 1 nitrogen and oxygen atoms in total. The quantitative estimate of drug-likeness (QED) is 0.707. The van der Waals surface area contributed by atoms with E-state index in [9.17, 15) is 0 Å². The molecule has 0 bridgehead atoms. The minimum Gasteiger partial charge on any atom is -0.327 e. The first-order valence-corrected chi connectivity index (χ1v) is 5.45.